The van der Waals surface area contributed by atoms with Crippen molar-refractivity contribution in [2.75, 3.05) is 0 Å². The Kier molecular flexibility index (Phi) is 6.98. The first-order valence-corrected chi connectivity index (χ1v) is 5.88. The molecule has 0 aliphatic heterocycles. The number of carboxylic acid groups (broad SMARTS) is 1. The van der Waals surface area contributed by atoms with Crippen molar-refractivity contribution in [2.45, 2.75) is 18.9 Å². The number of hydrogen-bond acceptors (Lipinski definition) is 3. The van der Waals surface area contributed by atoms with Crippen LogP contribution in [0.2, 0.25) is 0 Å². The van der Waals surface area contributed by atoms with Gasteiger partial charge < -0.3 is 15.9 Å². The van der Waals surface area contributed by atoms with Crippen LogP contribution in [0.5, 0.6) is 5.75 Å². The number of hydrogen-bond donors (Lipinski definition) is 3. The molecule has 1 aromatic carbocycles. The van der Waals surface area contributed by atoms with E-state index in [-0.39, 0.29) is 23.7 Å². The van der Waals surface area contributed by atoms with Crippen LogP contribution in [0.25, 0.3) is 0 Å². The van der Waals surface area contributed by atoms with E-state index in [1.807, 2.05) is 0 Å². The molecule has 18 heavy (non-hydrogen) atoms. The minimum atomic E-state index is -1.18. The molecular formula is C12H15BrClNO3. The summed E-state index contributed by atoms with van der Waals surface area (Å²) in [5, 5.41) is 18.8. The number of nitrogens with two attached hydrogens (primary N) is 1. The SMILES string of the molecule is C=CCC[C@@H](N)c1cc(Br)cc(C(=O)O)c1O.Cl. The van der Waals surface area contributed by atoms with Gasteiger partial charge in [0.05, 0.1) is 0 Å². The van der Waals surface area contributed by atoms with Gasteiger partial charge in [0.2, 0.25) is 0 Å². The number of carbonyl (C=O) groups is 1. The zero-order valence-electron chi connectivity index (χ0n) is 9.60. The fraction of sp³-hybridized carbons (Fsp3) is 0.250. The lowest BCUT2D eigenvalue weighted by atomic mass is 9.99. The second-order valence-corrected chi connectivity index (χ2v) is 4.58. The monoisotopic (exact) mass is 335 g/mol. The smallest absolute Gasteiger partial charge is 0.339 e. The van der Waals surface area contributed by atoms with Gasteiger partial charge in [-0.3, -0.25) is 0 Å². The van der Waals surface area contributed by atoms with Crippen molar-refractivity contribution in [1.82, 2.24) is 0 Å². The van der Waals surface area contributed by atoms with E-state index in [1.165, 1.54) is 6.07 Å². The molecule has 1 aromatic rings. The van der Waals surface area contributed by atoms with Crippen LogP contribution >= 0.6 is 28.3 Å². The molecule has 1 rings (SSSR count). The van der Waals surface area contributed by atoms with Gasteiger partial charge >= 0.3 is 5.97 Å². The van der Waals surface area contributed by atoms with E-state index in [2.05, 4.69) is 22.5 Å². The van der Waals surface area contributed by atoms with Gasteiger partial charge in [-0.1, -0.05) is 22.0 Å². The number of benzene rings is 1. The maximum absolute atomic E-state index is 10.9. The summed E-state index contributed by atoms with van der Waals surface area (Å²) in [6.07, 6.45) is 3.04. The van der Waals surface area contributed by atoms with E-state index in [9.17, 15) is 9.90 Å². The molecule has 0 spiro atoms. The highest BCUT2D eigenvalue weighted by Gasteiger charge is 2.18. The molecule has 4 nitrogen and oxygen atoms in total. The molecule has 100 valence electrons. The number of aromatic hydroxyl groups is 1. The summed E-state index contributed by atoms with van der Waals surface area (Å²) in [4.78, 5) is 10.9. The topological polar surface area (TPSA) is 83.6 Å². The first kappa shape index (κ1) is 17.0. The van der Waals surface area contributed by atoms with Crippen molar-refractivity contribution in [3.8, 4) is 5.75 Å². The van der Waals surface area contributed by atoms with Gasteiger partial charge in [0, 0.05) is 16.1 Å². The molecule has 0 radical (unpaired) electrons. The van der Waals surface area contributed by atoms with E-state index < -0.39 is 12.0 Å². The largest absolute Gasteiger partial charge is 0.507 e. The van der Waals surface area contributed by atoms with Gasteiger partial charge in [-0.05, 0) is 25.0 Å². The van der Waals surface area contributed by atoms with Crippen LogP contribution in [0.15, 0.2) is 29.3 Å². The third-order valence-corrected chi connectivity index (χ3v) is 2.87. The molecule has 0 unspecified atom stereocenters. The maximum Gasteiger partial charge on any atom is 0.339 e. The van der Waals surface area contributed by atoms with Crippen molar-refractivity contribution in [2.24, 2.45) is 5.73 Å². The number of halogens is 2. The zero-order chi connectivity index (χ0) is 13.0. The molecule has 0 saturated carbocycles. The zero-order valence-corrected chi connectivity index (χ0v) is 12.0. The minimum Gasteiger partial charge on any atom is -0.507 e. The first-order valence-electron chi connectivity index (χ1n) is 5.09. The van der Waals surface area contributed by atoms with Crippen molar-refractivity contribution < 1.29 is 15.0 Å². The Bertz CT molecular complexity index is 451. The Balaban J connectivity index is 0.00000289. The standard InChI is InChI=1S/C12H14BrNO3.ClH/c1-2-3-4-10(14)8-5-7(13)6-9(11(8)15)12(16)17;/h2,5-6,10,15H,1,3-4,14H2,(H,16,17);1H/t10-;/m1./s1. The quantitative estimate of drug-likeness (QED) is 0.721. The summed E-state index contributed by atoms with van der Waals surface area (Å²) >= 11 is 3.20. The van der Waals surface area contributed by atoms with Crippen LogP contribution < -0.4 is 5.73 Å². The summed E-state index contributed by atoms with van der Waals surface area (Å²) < 4.78 is 0.580. The molecule has 0 aliphatic rings. The first-order chi connectivity index (χ1) is 7.97. The lowest BCUT2D eigenvalue weighted by Gasteiger charge is -2.14. The summed E-state index contributed by atoms with van der Waals surface area (Å²) in [7, 11) is 0. The van der Waals surface area contributed by atoms with Crippen molar-refractivity contribution in [3.05, 3.63) is 40.4 Å². The van der Waals surface area contributed by atoms with Crippen molar-refractivity contribution in [3.63, 3.8) is 0 Å². The molecular weight excluding hydrogens is 321 g/mol. The van der Waals surface area contributed by atoms with Gasteiger partial charge in [0.1, 0.15) is 11.3 Å². The highest BCUT2D eigenvalue weighted by Crippen LogP contribution is 2.32. The Morgan fingerprint density at radius 3 is 2.67 bits per heavy atom. The molecule has 6 heteroatoms. The molecule has 0 heterocycles. The predicted octanol–water partition coefficient (Wildman–Crippen LogP) is 3.24. The van der Waals surface area contributed by atoms with E-state index >= 15 is 0 Å². The number of rotatable bonds is 5. The van der Waals surface area contributed by atoms with Gasteiger partial charge in [-0.25, -0.2) is 4.79 Å². The van der Waals surface area contributed by atoms with Gasteiger partial charge in [-0.15, -0.1) is 19.0 Å². The molecule has 0 bridgehead atoms. The summed E-state index contributed by atoms with van der Waals surface area (Å²) in [6, 6.07) is 2.57. The summed E-state index contributed by atoms with van der Waals surface area (Å²) in [6.45, 7) is 3.59. The highest BCUT2D eigenvalue weighted by atomic mass is 79.9. The number of allylic oxidation sites excluding steroid dienone is 1. The van der Waals surface area contributed by atoms with E-state index in [4.69, 9.17) is 10.8 Å². The average Bonchev–Trinajstić information content (AvgIpc) is 2.28. The average molecular weight is 337 g/mol. The van der Waals surface area contributed by atoms with Crippen LogP contribution in [-0.2, 0) is 0 Å². The van der Waals surface area contributed by atoms with E-state index in [0.29, 0.717) is 22.9 Å². The Labute approximate surface area is 120 Å². The predicted molar refractivity (Wildman–Crippen MR) is 76.4 cm³/mol. The molecule has 0 fully saturated rings. The van der Waals surface area contributed by atoms with Crippen molar-refractivity contribution in [1.29, 1.82) is 0 Å². The summed E-state index contributed by atoms with van der Waals surface area (Å²) in [5.74, 6) is -1.45. The Morgan fingerprint density at radius 2 is 2.17 bits per heavy atom. The number of aromatic carboxylic acids is 1. The number of phenols is 1. The van der Waals surface area contributed by atoms with E-state index in [1.54, 1.807) is 12.1 Å². The van der Waals surface area contributed by atoms with Crippen LogP contribution in [-0.4, -0.2) is 16.2 Å². The fourth-order valence-electron chi connectivity index (χ4n) is 1.52. The van der Waals surface area contributed by atoms with Gasteiger partial charge in [0.25, 0.3) is 0 Å². The van der Waals surface area contributed by atoms with Crippen LogP contribution in [0.4, 0.5) is 0 Å². The molecule has 4 N–H and O–H groups in total. The van der Waals surface area contributed by atoms with Crippen LogP contribution in [0.3, 0.4) is 0 Å². The highest BCUT2D eigenvalue weighted by molar-refractivity contribution is 9.10. The normalized spacial score (nSPS) is 11.4. The second-order valence-electron chi connectivity index (χ2n) is 3.67. The fourth-order valence-corrected chi connectivity index (χ4v) is 1.99. The molecule has 0 amide bonds. The lowest BCUT2D eigenvalue weighted by Crippen LogP contribution is -2.12. The molecule has 0 saturated heterocycles. The van der Waals surface area contributed by atoms with Crippen LogP contribution in [0.1, 0.15) is 34.8 Å². The lowest BCUT2D eigenvalue weighted by molar-refractivity contribution is 0.0693. The minimum absolute atomic E-state index is 0. The van der Waals surface area contributed by atoms with E-state index in [0.717, 1.165) is 0 Å². The van der Waals surface area contributed by atoms with Crippen LogP contribution in [0, 0.1) is 0 Å². The molecule has 0 aliphatic carbocycles. The maximum atomic E-state index is 10.9. The Hall–Kier alpha value is -1.04. The second kappa shape index (κ2) is 7.41. The Morgan fingerprint density at radius 1 is 1.56 bits per heavy atom. The van der Waals surface area contributed by atoms with Gasteiger partial charge in [-0.2, -0.15) is 0 Å². The number of carboxylic acids is 1. The van der Waals surface area contributed by atoms with Crippen molar-refractivity contribution >= 4 is 34.3 Å². The van der Waals surface area contributed by atoms with Gasteiger partial charge in [0.15, 0.2) is 0 Å². The summed E-state index contributed by atoms with van der Waals surface area (Å²) in [5.41, 5.74) is 6.18. The third-order valence-electron chi connectivity index (χ3n) is 2.42. The third kappa shape index (κ3) is 4.01. The molecule has 1 atom stereocenters. The molecule has 0 aromatic heterocycles.